The number of nitrogens with zero attached hydrogens (tertiary/aromatic N) is 6. The third-order valence-corrected chi connectivity index (χ3v) is 4.39. The molecule has 1 heterocycles. The smallest absolute Gasteiger partial charge is 0.421 e. The number of aromatic hydroxyl groups is 1. The van der Waals surface area contributed by atoms with Crippen molar-refractivity contribution in [2.75, 3.05) is 0 Å². The highest BCUT2D eigenvalue weighted by atomic mass is 16.3. The molecule has 0 spiro atoms. The lowest BCUT2D eigenvalue weighted by Crippen LogP contribution is -2.25. The van der Waals surface area contributed by atoms with Crippen LogP contribution in [0.5, 0.6) is 5.75 Å². The number of aryl methyl sites for hydroxylation is 2. The first kappa shape index (κ1) is 17.5. The highest BCUT2D eigenvalue weighted by molar-refractivity contribution is 5.95. The molecule has 0 saturated carbocycles. The number of azo groups is 2. The van der Waals surface area contributed by atoms with Crippen molar-refractivity contribution < 1.29 is 9.67 Å². The van der Waals surface area contributed by atoms with E-state index in [0.29, 0.717) is 17.1 Å². The van der Waals surface area contributed by atoms with Gasteiger partial charge in [-0.15, -0.1) is 5.11 Å². The highest BCUT2D eigenvalue weighted by Gasteiger charge is 2.10. The molecule has 0 amide bonds. The Morgan fingerprint density at radius 2 is 1.50 bits per heavy atom. The standard InChI is InChI=1S/C21H18N6O/c1-26-13-14-27(2)21(26)25-23-17-10-8-16(9-11-17)22-24-20-18-6-4-3-5-15(18)7-12-19(20)28/h3-14H,1-2H3/p+1. The Kier molecular flexibility index (Phi) is 4.63. The number of hydrogen-bond acceptors (Lipinski definition) is 5. The van der Waals surface area contributed by atoms with E-state index >= 15 is 0 Å². The van der Waals surface area contributed by atoms with Crippen LogP contribution in [-0.2, 0) is 14.1 Å². The molecule has 0 fully saturated rings. The van der Waals surface area contributed by atoms with Crippen molar-refractivity contribution in [3.8, 4) is 5.75 Å². The first-order valence-corrected chi connectivity index (χ1v) is 8.77. The molecule has 1 N–H and O–H groups in total. The van der Waals surface area contributed by atoms with E-state index in [-0.39, 0.29) is 5.75 Å². The maximum atomic E-state index is 10.2. The van der Waals surface area contributed by atoms with Crippen molar-refractivity contribution in [1.29, 1.82) is 0 Å². The van der Waals surface area contributed by atoms with E-state index in [1.807, 2.05) is 90.2 Å². The van der Waals surface area contributed by atoms with Crippen molar-refractivity contribution in [2.45, 2.75) is 0 Å². The molecule has 0 aliphatic carbocycles. The second-order valence-electron chi connectivity index (χ2n) is 6.39. The summed E-state index contributed by atoms with van der Waals surface area (Å²) in [6.45, 7) is 0. The van der Waals surface area contributed by atoms with Crippen molar-refractivity contribution in [2.24, 2.45) is 34.6 Å². The van der Waals surface area contributed by atoms with Crippen LogP contribution < -0.4 is 4.57 Å². The molecule has 0 unspecified atom stereocenters. The Morgan fingerprint density at radius 3 is 2.18 bits per heavy atom. The fraction of sp³-hybridized carbons (Fsp3) is 0.0952. The number of hydrogen-bond donors (Lipinski definition) is 1. The van der Waals surface area contributed by atoms with E-state index in [1.54, 1.807) is 6.07 Å². The van der Waals surface area contributed by atoms with Gasteiger partial charge in [-0.1, -0.05) is 35.4 Å². The summed E-state index contributed by atoms with van der Waals surface area (Å²) in [7, 11) is 3.83. The Balaban J connectivity index is 1.56. The van der Waals surface area contributed by atoms with Crippen LogP contribution in [-0.4, -0.2) is 9.67 Å². The van der Waals surface area contributed by atoms with E-state index in [0.717, 1.165) is 16.7 Å². The second kappa shape index (κ2) is 7.40. The maximum absolute atomic E-state index is 10.2. The van der Waals surface area contributed by atoms with Gasteiger partial charge in [-0.3, -0.25) is 0 Å². The van der Waals surface area contributed by atoms with Crippen LogP contribution in [0.3, 0.4) is 0 Å². The van der Waals surface area contributed by atoms with Crippen molar-refractivity contribution >= 4 is 33.8 Å². The van der Waals surface area contributed by atoms with Gasteiger partial charge in [-0.05, 0) is 35.7 Å². The molecule has 1 aromatic heterocycles. The van der Waals surface area contributed by atoms with E-state index in [2.05, 4.69) is 20.5 Å². The highest BCUT2D eigenvalue weighted by Crippen LogP contribution is 2.36. The van der Waals surface area contributed by atoms with Gasteiger partial charge in [0, 0.05) is 10.5 Å². The topological polar surface area (TPSA) is 78.5 Å². The third kappa shape index (κ3) is 3.50. The predicted octanol–water partition coefficient (Wildman–Crippen LogP) is 5.54. The molecule has 28 heavy (non-hydrogen) atoms. The van der Waals surface area contributed by atoms with Crippen LogP contribution in [0.25, 0.3) is 10.8 Å². The molecule has 0 aliphatic heterocycles. The SMILES string of the molecule is Cn1cc[n+](C)c1N=Nc1ccc(N=Nc2c(O)ccc3ccccc23)cc1. The summed E-state index contributed by atoms with van der Waals surface area (Å²) in [6.07, 6.45) is 3.83. The Hall–Kier alpha value is -3.87. The first-order chi connectivity index (χ1) is 13.6. The third-order valence-electron chi connectivity index (χ3n) is 4.39. The van der Waals surface area contributed by atoms with E-state index < -0.39 is 0 Å². The van der Waals surface area contributed by atoms with Gasteiger partial charge in [0.15, 0.2) is 0 Å². The molecular weight excluding hydrogens is 352 g/mol. The fourth-order valence-corrected chi connectivity index (χ4v) is 2.87. The summed E-state index contributed by atoms with van der Waals surface area (Å²) in [5.41, 5.74) is 1.84. The largest absolute Gasteiger partial charge is 0.506 e. The zero-order valence-corrected chi connectivity index (χ0v) is 15.6. The zero-order chi connectivity index (χ0) is 19.5. The van der Waals surface area contributed by atoms with Crippen molar-refractivity contribution in [1.82, 2.24) is 4.57 Å². The van der Waals surface area contributed by atoms with Crippen LogP contribution in [0.1, 0.15) is 0 Å². The number of rotatable bonds is 4. The summed E-state index contributed by atoms with van der Waals surface area (Å²) >= 11 is 0. The fourth-order valence-electron chi connectivity index (χ4n) is 2.87. The first-order valence-electron chi connectivity index (χ1n) is 8.77. The van der Waals surface area contributed by atoms with Crippen LogP contribution in [0.4, 0.5) is 23.0 Å². The number of imidazole rings is 1. The minimum Gasteiger partial charge on any atom is -0.506 e. The molecule has 0 bridgehead atoms. The van der Waals surface area contributed by atoms with E-state index in [9.17, 15) is 5.11 Å². The molecule has 0 radical (unpaired) electrons. The zero-order valence-electron chi connectivity index (χ0n) is 15.6. The Morgan fingerprint density at radius 1 is 0.821 bits per heavy atom. The molecule has 4 rings (SSSR count). The minimum absolute atomic E-state index is 0.100. The average Bonchev–Trinajstić information content (AvgIpc) is 3.04. The van der Waals surface area contributed by atoms with Crippen LogP contribution in [0.2, 0.25) is 0 Å². The maximum Gasteiger partial charge on any atom is 0.421 e. The Bertz CT molecular complexity index is 1170. The summed E-state index contributed by atoms with van der Waals surface area (Å²) in [6, 6.07) is 18.5. The molecule has 3 aromatic carbocycles. The van der Waals surface area contributed by atoms with E-state index in [4.69, 9.17) is 0 Å². The number of phenols is 1. The van der Waals surface area contributed by atoms with Gasteiger partial charge in [0.25, 0.3) is 0 Å². The van der Waals surface area contributed by atoms with Gasteiger partial charge in [-0.2, -0.15) is 5.11 Å². The molecular formula is C21H19N6O+. The molecule has 0 saturated heterocycles. The van der Waals surface area contributed by atoms with Crippen LogP contribution >= 0.6 is 0 Å². The average molecular weight is 371 g/mol. The summed E-state index contributed by atoms with van der Waals surface area (Å²) in [5, 5.41) is 29.0. The van der Waals surface area contributed by atoms with Gasteiger partial charge < -0.3 is 5.11 Å². The number of phenolic OH excluding ortho intramolecular Hbond substituents is 1. The lowest BCUT2D eigenvalue weighted by molar-refractivity contribution is -0.657. The van der Waals surface area contributed by atoms with Gasteiger partial charge >= 0.3 is 5.95 Å². The van der Waals surface area contributed by atoms with Gasteiger partial charge in [0.1, 0.15) is 17.1 Å². The number of fused-ring (bicyclic) bond motifs is 1. The van der Waals surface area contributed by atoms with Crippen LogP contribution in [0.15, 0.2) is 93.5 Å². The monoisotopic (exact) mass is 371 g/mol. The van der Waals surface area contributed by atoms with Gasteiger partial charge in [0.05, 0.1) is 32.2 Å². The second-order valence-corrected chi connectivity index (χ2v) is 6.39. The van der Waals surface area contributed by atoms with Crippen LogP contribution in [0, 0.1) is 0 Å². The summed E-state index contributed by atoms with van der Waals surface area (Å²) < 4.78 is 3.78. The molecule has 7 nitrogen and oxygen atoms in total. The number of aromatic nitrogens is 2. The Labute approximate surface area is 161 Å². The predicted molar refractivity (Wildman–Crippen MR) is 107 cm³/mol. The lowest BCUT2D eigenvalue weighted by atomic mass is 10.1. The molecule has 138 valence electrons. The molecule has 0 aliphatic rings. The lowest BCUT2D eigenvalue weighted by Gasteiger charge is -2.03. The summed E-state index contributed by atoms with van der Waals surface area (Å²) in [5.74, 6) is 0.846. The molecule has 4 aromatic rings. The summed E-state index contributed by atoms with van der Waals surface area (Å²) in [4.78, 5) is 0. The molecule has 7 heteroatoms. The van der Waals surface area contributed by atoms with Crippen molar-refractivity contribution in [3.63, 3.8) is 0 Å². The van der Waals surface area contributed by atoms with E-state index in [1.165, 1.54) is 0 Å². The number of benzene rings is 3. The van der Waals surface area contributed by atoms with Gasteiger partial charge in [0.2, 0.25) is 0 Å². The molecule has 0 atom stereocenters. The van der Waals surface area contributed by atoms with Gasteiger partial charge in [-0.25, -0.2) is 9.13 Å². The minimum atomic E-state index is 0.100. The quantitative estimate of drug-likeness (QED) is 0.371. The van der Waals surface area contributed by atoms with Crippen molar-refractivity contribution in [3.05, 3.63) is 73.1 Å². The normalized spacial score (nSPS) is 11.8.